The number of nitrogen functional groups attached to an aromatic ring is 2. The second kappa shape index (κ2) is 8.07. The summed E-state index contributed by atoms with van der Waals surface area (Å²) in [5, 5.41) is 23.5. The zero-order chi connectivity index (χ0) is 15.1. The van der Waals surface area contributed by atoms with Crippen molar-refractivity contribution in [3.8, 4) is 0 Å². The van der Waals surface area contributed by atoms with Crippen LogP contribution in [0.4, 0.5) is 11.9 Å². The summed E-state index contributed by atoms with van der Waals surface area (Å²) >= 11 is 0. The molecule has 0 spiro atoms. The van der Waals surface area contributed by atoms with Crippen molar-refractivity contribution >= 4 is 11.9 Å². The standard InChI is InChI=1S/2C2H2N5O3.Cu/c2*3-2-4-1-5-6(2)10-7(8)9;/h2*(H2,3,4,5);/q2*-1;+2. The van der Waals surface area contributed by atoms with Gasteiger partial charge in [0.2, 0.25) is 0 Å². The first-order valence-electron chi connectivity index (χ1n) is 4.23. The first kappa shape index (κ1) is 17.8. The van der Waals surface area contributed by atoms with Crippen LogP contribution >= 0.6 is 0 Å². The van der Waals surface area contributed by atoms with Crippen molar-refractivity contribution in [1.82, 2.24) is 29.9 Å². The Morgan fingerprint density at radius 2 is 1.29 bits per heavy atom. The summed E-state index contributed by atoms with van der Waals surface area (Å²) in [4.78, 5) is 34.3. The molecule has 21 heavy (non-hydrogen) atoms. The number of aromatic nitrogens is 6. The van der Waals surface area contributed by atoms with Crippen molar-refractivity contribution < 1.29 is 37.1 Å². The third kappa shape index (κ3) is 5.98. The van der Waals surface area contributed by atoms with E-state index in [2.05, 4.69) is 30.0 Å². The van der Waals surface area contributed by atoms with Crippen LogP contribution in [0.2, 0.25) is 0 Å². The third-order valence-corrected chi connectivity index (χ3v) is 1.28. The largest absolute Gasteiger partial charge is 2.00 e. The maximum Gasteiger partial charge on any atom is 2.00 e. The van der Waals surface area contributed by atoms with E-state index in [1.54, 1.807) is 0 Å². The van der Waals surface area contributed by atoms with E-state index in [0.29, 0.717) is 9.69 Å². The second-order valence-corrected chi connectivity index (χ2v) is 2.50. The van der Waals surface area contributed by atoms with Gasteiger partial charge in [-0.3, -0.25) is 0 Å². The van der Waals surface area contributed by atoms with E-state index in [1.807, 2.05) is 12.7 Å². The molecule has 2 aromatic rings. The molecule has 0 aliphatic carbocycles. The average molecular weight is 352 g/mol. The molecule has 4 N–H and O–H groups in total. The van der Waals surface area contributed by atoms with Gasteiger partial charge in [0, 0.05) is 12.7 Å². The van der Waals surface area contributed by atoms with Crippen LogP contribution in [0.15, 0.2) is 0 Å². The maximum atomic E-state index is 9.64. The van der Waals surface area contributed by atoms with Gasteiger partial charge in [-0.2, -0.15) is 20.1 Å². The molecule has 17 heteroatoms. The quantitative estimate of drug-likeness (QED) is 0.238. The van der Waals surface area contributed by atoms with E-state index in [1.165, 1.54) is 0 Å². The fourth-order valence-electron chi connectivity index (χ4n) is 0.663. The smallest absolute Gasteiger partial charge is 0.423 e. The molecule has 2 rings (SSSR count). The molecule has 16 nitrogen and oxygen atoms in total. The van der Waals surface area contributed by atoms with Crippen LogP contribution in [0.25, 0.3) is 0 Å². The van der Waals surface area contributed by atoms with Crippen LogP contribution in [0.5, 0.6) is 0 Å². The Morgan fingerprint density at radius 3 is 1.48 bits per heavy atom. The summed E-state index contributed by atoms with van der Waals surface area (Å²) in [6.07, 6.45) is 4.02. The van der Waals surface area contributed by atoms with Crippen molar-refractivity contribution in [3.05, 3.63) is 32.9 Å². The minimum absolute atomic E-state index is 0. The van der Waals surface area contributed by atoms with Crippen LogP contribution in [0.1, 0.15) is 0 Å². The Labute approximate surface area is 124 Å². The van der Waals surface area contributed by atoms with Gasteiger partial charge in [-0.1, -0.05) is 9.69 Å². The number of anilines is 2. The molecule has 0 amide bonds. The molecule has 0 saturated heterocycles. The minimum Gasteiger partial charge on any atom is -0.423 e. The predicted octanol–water partition coefficient (Wildman–Crippen LogP) is -3.44. The van der Waals surface area contributed by atoms with Crippen LogP contribution < -0.4 is 21.3 Å². The Bertz CT molecular complexity index is 544. The molecule has 117 valence electrons. The first-order valence-corrected chi connectivity index (χ1v) is 4.23. The van der Waals surface area contributed by atoms with Gasteiger partial charge in [0.1, 0.15) is 0 Å². The Hall–Kier alpha value is -3.20. The van der Waals surface area contributed by atoms with Gasteiger partial charge in [-0.05, 0) is 0 Å². The summed E-state index contributed by atoms with van der Waals surface area (Å²) in [5.74, 6) is -0.451. The molecule has 2 aromatic heterocycles. The molecule has 0 saturated carbocycles. The molecule has 2 heterocycles. The summed E-state index contributed by atoms with van der Waals surface area (Å²) < 4.78 is 0. The van der Waals surface area contributed by atoms with E-state index in [-0.39, 0.29) is 29.0 Å². The topological polar surface area (TPSA) is 218 Å². The molecule has 0 aliphatic heterocycles. The Kier molecular flexibility index (Phi) is 6.84. The van der Waals surface area contributed by atoms with Crippen LogP contribution in [-0.2, 0) is 17.1 Å². The number of nitrogens with zero attached hydrogens (tertiary/aromatic N) is 8. The van der Waals surface area contributed by atoms with Crippen molar-refractivity contribution in [3.63, 3.8) is 0 Å². The van der Waals surface area contributed by atoms with Gasteiger partial charge < -0.3 is 21.4 Å². The summed E-state index contributed by atoms with van der Waals surface area (Å²) in [6.45, 7) is 0. The van der Waals surface area contributed by atoms with Gasteiger partial charge in [-0.25, -0.2) is 20.2 Å². The second-order valence-electron chi connectivity index (χ2n) is 2.50. The van der Waals surface area contributed by atoms with E-state index in [9.17, 15) is 20.2 Å². The van der Waals surface area contributed by atoms with E-state index < -0.39 is 10.2 Å². The Morgan fingerprint density at radius 1 is 0.952 bits per heavy atom. The molecular formula is C4H4CuN10O6. The van der Waals surface area contributed by atoms with E-state index >= 15 is 0 Å². The minimum atomic E-state index is -1.06. The van der Waals surface area contributed by atoms with Gasteiger partial charge in [0.05, 0.1) is 0 Å². The molecule has 1 radical (unpaired) electrons. The summed E-state index contributed by atoms with van der Waals surface area (Å²) in [6, 6.07) is 0. The predicted molar refractivity (Wildman–Crippen MR) is 53.7 cm³/mol. The maximum absolute atomic E-state index is 9.64. The number of hydrogen-bond acceptors (Lipinski definition) is 12. The van der Waals surface area contributed by atoms with E-state index in [4.69, 9.17) is 11.5 Å². The van der Waals surface area contributed by atoms with Gasteiger partial charge in [0.25, 0.3) is 0 Å². The monoisotopic (exact) mass is 351 g/mol. The molecule has 0 aliphatic rings. The summed E-state index contributed by atoms with van der Waals surface area (Å²) in [5.41, 5.74) is 10.0. The number of nitrogens with two attached hydrogens (primary N) is 2. The number of rotatable bonds is 4. The Balaban J connectivity index is 0.000000364. The van der Waals surface area contributed by atoms with E-state index in [0.717, 1.165) is 0 Å². The fraction of sp³-hybridized carbons (Fsp3) is 0. The fourth-order valence-corrected chi connectivity index (χ4v) is 0.663. The van der Waals surface area contributed by atoms with Crippen LogP contribution in [0.3, 0.4) is 0 Å². The first-order chi connectivity index (χ1) is 9.40. The average Bonchev–Trinajstić information content (AvgIpc) is 2.90. The van der Waals surface area contributed by atoms with Gasteiger partial charge in [0.15, 0.2) is 22.1 Å². The third-order valence-electron chi connectivity index (χ3n) is 1.28. The van der Waals surface area contributed by atoms with Crippen LogP contribution in [0, 0.1) is 32.9 Å². The SMILES string of the molecule is Nc1n[c-]nn1O[N+](=O)[O-].Nc1n[c-]nn1O[N+](=O)[O-].[Cu+2]. The van der Waals surface area contributed by atoms with Crippen molar-refractivity contribution in [2.24, 2.45) is 0 Å². The molecule has 0 atom stereocenters. The van der Waals surface area contributed by atoms with Crippen LogP contribution in [-0.4, -0.2) is 40.0 Å². The van der Waals surface area contributed by atoms with Crippen molar-refractivity contribution in [2.75, 3.05) is 11.5 Å². The normalized spacial score (nSPS) is 8.76. The zero-order valence-electron chi connectivity index (χ0n) is 9.48. The molecule has 0 fully saturated rings. The molecule has 0 aromatic carbocycles. The zero-order valence-corrected chi connectivity index (χ0v) is 10.4. The van der Waals surface area contributed by atoms with Gasteiger partial charge >= 0.3 is 17.1 Å². The van der Waals surface area contributed by atoms with Crippen molar-refractivity contribution in [1.29, 1.82) is 0 Å². The summed E-state index contributed by atoms with van der Waals surface area (Å²) in [7, 11) is 0. The van der Waals surface area contributed by atoms with Crippen molar-refractivity contribution in [2.45, 2.75) is 0 Å². The molecule has 0 unspecified atom stereocenters. The molecular weight excluding hydrogens is 348 g/mol. The van der Waals surface area contributed by atoms with Gasteiger partial charge in [-0.15, -0.1) is 0 Å². The number of hydrogen-bond donors (Lipinski definition) is 2. The molecule has 0 bridgehead atoms.